The van der Waals surface area contributed by atoms with E-state index in [1.54, 1.807) is 12.4 Å². The van der Waals surface area contributed by atoms with Crippen LogP contribution in [0.4, 0.5) is 5.69 Å². The van der Waals surface area contributed by atoms with E-state index in [4.69, 9.17) is 0 Å². The van der Waals surface area contributed by atoms with Crippen LogP contribution in [0.3, 0.4) is 0 Å². The van der Waals surface area contributed by atoms with Gasteiger partial charge in [-0.2, -0.15) is 0 Å². The molecule has 2 aromatic carbocycles. The van der Waals surface area contributed by atoms with Gasteiger partial charge in [-0.3, -0.25) is 14.7 Å². The Bertz CT molecular complexity index is 1140. The number of hydrogen-bond donors (Lipinski definition) is 2. The second kappa shape index (κ2) is 12.8. The number of hydrogen-bond acceptors (Lipinski definition) is 5. The lowest BCUT2D eigenvalue weighted by molar-refractivity contribution is -0.125. The number of carbonyl (C=O) groups excluding carboxylic acids is 1. The van der Waals surface area contributed by atoms with Gasteiger partial charge in [-0.15, -0.1) is 0 Å². The van der Waals surface area contributed by atoms with Gasteiger partial charge in [0.15, 0.2) is 0 Å². The van der Waals surface area contributed by atoms with Gasteiger partial charge < -0.3 is 15.5 Å². The van der Waals surface area contributed by atoms with Gasteiger partial charge in [-0.25, -0.2) is 0 Å². The normalized spacial score (nSPS) is 17.6. The summed E-state index contributed by atoms with van der Waals surface area (Å²) in [6.07, 6.45) is 4.35. The molecule has 2 heterocycles. The highest BCUT2D eigenvalue weighted by Gasteiger charge is 2.36. The smallest absolute Gasteiger partial charge is 0.237 e. The monoisotopic (exact) mass is 499 g/mol. The van der Waals surface area contributed by atoms with E-state index in [0.29, 0.717) is 6.54 Å². The molecule has 0 saturated carbocycles. The predicted molar refractivity (Wildman–Crippen MR) is 151 cm³/mol. The van der Waals surface area contributed by atoms with Gasteiger partial charge >= 0.3 is 0 Å². The predicted octanol–water partition coefficient (Wildman–Crippen LogP) is 4.59. The Kier molecular flexibility index (Phi) is 9.31. The number of benzene rings is 2. The number of likely N-dealkylation sites (tertiary alicyclic amines) is 1. The van der Waals surface area contributed by atoms with Crippen molar-refractivity contribution in [2.24, 2.45) is 0 Å². The molecule has 1 aliphatic rings. The quantitative estimate of drug-likeness (QED) is 0.404. The maximum Gasteiger partial charge on any atom is 0.237 e. The van der Waals surface area contributed by atoms with E-state index in [9.17, 15) is 4.79 Å². The first-order chi connectivity index (χ1) is 18.0. The summed E-state index contributed by atoms with van der Waals surface area (Å²) in [6, 6.07) is 19.4. The Morgan fingerprint density at radius 3 is 2.51 bits per heavy atom. The standard InChI is InChI=1S/C31H41N5O/c1-5-35(6-2)29-13-11-25(12-14-29)21-36-22-28(33-20-27-16-23(3)9-10-24(27)4)17-30(36)31(37)34-19-26-8-7-15-32-18-26/h7-16,18,28,30,33H,5-6,17,19-22H2,1-4H3,(H,34,37)/t28-,30-/m0/s1. The summed E-state index contributed by atoms with van der Waals surface area (Å²) in [7, 11) is 0. The number of pyridine rings is 1. The number of carbonyl (C=O) groups is 1. The van der Waals surface area contributed by atoms with Crippen LogP contribution in [0, 0.1) is 13.8 Å². The van der Waals surface area contributed by atoms with Crippen molar-refractivity contribution < 1.29 is 4.79 Å². The Hall–Kier alpha value is -3.22. The minimum Gasteiger partial charge on any atom is -0.372 e. The number of anilines is 1. The maximum atomic E-state index is 13.4. The van der Waals surface area contributed by atoms with E-state index in [2.05, 4.69) is 95.6 Å². The average molecular weight is 500 g/mol. The van der Waals surface area contributed by atoms with Crippen LogP contribution in [0.5, 0.6) is 0 Å². The molecule has 0 unspecified atom stereocenters. The minimum absolute atomic E-state index is 0.0830. The average Bonchev–Trinajstić information content (AvgIpc) is 3.32. The molecule has 0 spiro atoms. The third-order valence-electron chi connectivity index (χ3n) is 7.43. The van der Waals surface area contributed by atoms with Crippen molar-refractivity contribution in [3.05, 3.63) is 94.8 Å². The van der Waals surface area contributed by atoms with Gasteiger partial charge in [0.1, 0.15) is 0 Å². The molecule has 0 radical (unpaired) electrons. The maximum absolute atomic E-state index is 13.4. The molecule has 4 rings (SSSR count). The fourth-order valence-electron chi connectivity index (χ4n) is 5.19. The zero-order chi connectivity index (χ0) is 26.2. The summed E-state index contributed by atoms with van der Waals surface area (Å²) in [4.78, 5) is 22.2. The first-order valence-corrected chi connectivity index (χ1v) is 13.5. The Labute approximate surface area is 222 Å². The summed E-state index contributed by atoms with van der Waals surface area (Å²) in [5.74, 6) is 0.0830. The van der Waals surface area contributed by atoms with Gasteiger partial charge in [0.05, 0.1) is 6.04 Å². The molecule has 2 atom stereocenters. The molecule has 2 N–H and O–H groups in total. The van der Waals surface area contributed by atoms with Crippen molar-refractivity contribution in [2.75, 3.05) is 24.5 Å². The van der Waals surface area contributed by atoms with Crippen molar-refractivity contribution in [1.29, 1.82) is 0 Å². The zero-order valence-electron chi connectivity index (χ0n) is 22.7. The van der Waals surface area contributed by atoms with Crippen molar-refractivity contribution in [3.8, 4) is 0 Å². The third-order valence-corrected chi connectivity index (χ3v) is 7.43. The van der Waals surface area contributed by atoms with Crippen LogP contribution in [0.2, 0.25) is 0 Å². The molecule has 1 aliphatic heterocycles. The minimum atomic E-state index is -0.171. The van der Waals surface area contributed by atoms with Crippen LogP contribution < -0.4 is 15.5 Å². The molecule has 1 aromatic heterocycles. The lowest BCUT2D eigenvalue weighted by atomic mass is 10.0. The fourth-order valence-corrected chi connectivity index (χ4v) is 5.19. The first kappa shape index (κ1) is 26.8. The van der Waals surface area contributed by atoms with E-state index in [1.807, 2.05) is 12.1 Å². The molecular weight excluding hydrogens is 458 g/mol. The molecule has 0 aliphatic carbocycles. The number of nitrogens with one attached hydrogen (secondary N) is 2. The number of amides is 1. The van der Waals surface area contributed by atoms with E-state index in [1.165, 1.54) is 27.9 Å². The Balaban J connectivity index is 1.44. The highest BCUT2D eigenvalue weighted by molar-refractivity contribution is 5.82. The van der Waals surface area contributed by atoms with Crippen LogP contribution in [-0.4, -0.2) is 47.5 Å². The summed E-state index contributed by atoms with van der Waals surface area (Å²) >= 11 is 0. The summed E-state index contributed by atoms with van der Waals surface area (Å²) in [6.45, 7) is 13.6. The van der Waals surface area contributed by atoms with Crippen LogP contribution in [0.15, 0.2) is 67.0 Å². The molecule has 6 heteroatoms. The highest BCUT2D eigenvalue weighted by atomic mass is 16.2. The third kappa shape index (κ3) is 7.18. The molecule has 0 bridgehead atoms. The second-order valence-electron chi connectivity index (χ2n) is 10.1. The fraction of sp³-hybridized carbons (Fsp3) is 0.419. The summed E-state index contributed by atoms with van der Waals surface area (Å²) in [5.41, 5.74) is 7.38. The number of aromatic nitrogens is 1. The molecule has 3 aromatic rings. The van der Waals surface area contributed by atoms with E-state index in [-0.39, 0.29) is 18.0 Å². The van der Waals surface area contributed by atoms with Crippen molar-refractivity contribution >= 4 is 11.6 Å². The highest BCUT2D eigenvalue weighted by Crippen LogP contribution is 2.24. The molecule has 1 fully saturated rings. The SMILES string of the molecule is CCN(CC)c1ccc(CN2C[C@@H](NCc3cc(C)ccc3C)C[C@H]2C(=O)NCc2cccnc2)cc1. The largest absolute Gasteiger partial charge is 0.372 e. The Morgan fingerprint density at radius 1 is 1.03 bits per heavy atom. The molecule has 1 saturated heterocycles. The number of nitrogens with zero attached hydrogens (tertiary/aromatic N) is 3. The van der Waals surface area contributed by atoms with E-state index in [0.717, 1.165) is 44.7 Å². The van der Waals surface area contributed by atoms with Gasteiger partial charge in [0, 0.05) is 63.4 Å². The first-order valence-electron chi connectivity index (χ1n) is 13.5. The van der Waals surface area contributed by atoms with Crippen LogP contribution >= 0.6 is 0 Å². The van der Waals surface area contributed by atoms with Gasteiger partial charge in [0.25, 0.3) is 0 Å². The molecule has 1 amide bonds. The van der Waals surface area contributed by atoms with Crippen molar-refractivity contribution in [3.63, 3.8) is 0 Å². The van der Waals surface area contributed by atoms with Crippen LogP contribution in [0.25, 0.3) is 0 Å². The van der Waals surface area contributed by atoms with Gasteiger partial charge in [0.2, 0.25) is 5.91 Å². The lowest BCUT2D eigenvalue weighted by Crippen LogP contribution is -2.42. The molecule has 6 nitrogen and oxygen atoms in total. The van der Waals surface area contributed by atoms with E-state index >= 15 is 0 Å². The van der Waals surface area contributed by atoms with Gasteiger partial charge in [-0.1, -0.05) is 42.0 Å². The zero-order valence-corrected chi connectivity index (χ0v) is 22.7. The van der Waals surface area contributed by atoms with Crippen LogP contribution in [0.1, 0.15) is 48.1 Å². The number of aryl methyl sites for hydroxylation is 2. The topological polar surface area (TPSA) is 60.5 Å². The van der Waals surface area contributed by atoms with Crippen molar-refractivity contribution in [1.82, 2.24) is 20.5 Å². The van der Waals surface area contributed by atoms with Crippen molar-refractivity contribution in [2.45, 2.75) is 65.8 Å². The van der Waals surface area contributed by atoms with Gasteiger partial charge in [-0.05, 0) is 74.6 Å². The molecule has 196 valence electrons. The summed E-state index contributed by atoms with van der Waals surface area (Å²) in [5, 5.41) is 6.89. The summed E-state index contributed by atoms with van der Waals surface area (Å²) < 4.78 is 0. The number of rotatable bonds is 11. The molecule has 37 heavy (non-hydrogen) atoms. The second-order valence-corrected chi connectivity index (χ2v) is 10.1. The van der Waals surface area contributed by atoms with E-state index < -0.39 is 0 Å². The lowest BCUT2D eigenvalue weighted by Gasteiger charge is -2.25. The Morgan fingerprint density at radius 2 is 1.81 bits per heavy atom. The van der Waals surface area contributed by atoms with Crippen LogP contribution in [-0.2, 0) is 24.4 Å². The molecular formula is C31H41N5O.